The van der Waals surface area contributed by atoms with E-state index < -0.39 is 13.7 Å². The van der Waals surface area contributed by atoms with E-state index in [0.717, 1.165) is 18.3 Å². The smallest absolute Gasteiger partial charge is 0.489 e. The average Bonchev–Trinajstić information content (AvgIpc) is 3.30. The molecule has 2 aliphatic rings. The molecular formula is C16H21BF2O4. The van der Waals surface area contributed by atoms with Gasteiger partial charge in [-0.05, 0) is 36.4 Å². The van der Waals surface area contributed by atoms with Crippen molar-refractivity contribution in [2.45, 2.75) is 33.3 Å². The molecule has 1 aliphatic heterocycles. The van der Waals surface area contributed by atoms with Crippen molar-refractivity contribution in [1.82, 2.24) is 0 Å². The molecule has 1 aromatic carbocycles. The Morgan fingerprint density at radius 1 is 1.22 bits per heavy atom. The van der Waals surface area contributed by atoms with Crippen LogP contribution in [0.5, 0.6) is 11.5 Å². The molecule has 0 atom stereocenters. The zero-order valence-corrected chi connectivity index (χ0v) is 13.4. The molecule has 3 rings (SSSR count). The Hall–Kier alpha value is -1.34. The van der Waals surface area contributed by atoms with Crippen molar-refractivity contribution < 1.29 is 27.6 Å². The SMILES string of the molecule is CC1(C)COB(c2ccc(OC(F)F)c(OCC3CC3)c2)OC1. The third-order valence-corrected chi connectivity index (χ3v) is 3.88. The van der Waals surface area contributed by atoms with Crippen molar-refractivity contribution in [3.63, 3.8) is 0 Å². The van der Waals surface area contributed by atoms with Gasteiger partial charge in [-0.2, -0.15) is 8.78 Å². The third-order valence-electron chi connectivity index (χ3n) is 3.88. The first-order valence-corrected chi connectivity index (χ1v) is 7.88. The summed E-state index contributed by atoms with van der Waals surface area (Å²) in [6.07, 6.45) is 2.24. The molecule has 2 fully saturated rings. The zero-order chi connectivity index (χ0) is 16.4. The lowest BCUT2D eigenvalue weighted by atomic mass is 9.76. The van der Waals surface area contributed by atoms with Gasteiger partial charge in [0.1, 0.15) is 0 Å². The van der Waals surface area contributed by atoms with Crippen LogP contribution in [-0.2, 0) is 9.31 Å². The van der Waals surface area contributed by atoms with Gasteiger partial charge in [0, 0.05) is 18.6 Å². The quantitative estimate of drug-likeness (QED) is 0.754. The van der Waals surface area contributed by atoms with Gasteiger partial charge in [-0.15, -0.1) is 0 Å². The fraction of sp³-hybridized carbons (Fsp3) is 0.625. The first kappa shape index (κ1) is 16.5. The Morgan fingerprint density at radius 2 is 1.91 bits per heavy atom. The summed E-state index contributed by atoms with van der Waals surface area (Å²) in [5.74, 6) is 0.869. The van der Waals surface area contributed by atoms with Crippen molar-refractivity contribution in [3.8, 4) is 11.5 Å². The van der Waals surface area contributed by atoms with E-state index in [2.05, 4.69) is 18.6 Å². The summed E-state index contributed by atoms with van der Waals surface area (Å²) in [5.41, 5.74) is 0.716. The van der Waals surface area contributed by atoms with Gasteiger partial charge < -0.3 is 18.8 Å². The highest BCUT2D eigenvalue weighted by Gasteiger charge is 2.34. The van der Waals surface area contributed by atoms with Crippen LogP contribution in [0.1, 0.15) is 26.7 Å². The highest BCUT2D eigenvalue weighted by Crippen LogP contribution is 2.33. The Labute approximate surface area is 135 Å². The maximum atomic E-state index is 12.5. The molecular weight excluding hydrogens is 305 g/mol. The summed E-state index contributed by atoms with van der Waals surface area (Å²) in [6, 6.07) is 4.82. The number of rotatable bonds is 6. The molecule has 4 nitrogen and oxygen atoms in total. The van der Waals surface area contributed by atoms with Gasteiger partial charge in [0.2, 0.25) is 0 Å². The number of hydrogen-bond acceptors (Lipinski definition) is 4. The molecule has 7 heteroatoms. The van der Waals surface area contributed by atoms with Crippen molar-refractivity contribution in [1.29, 1.82) is 0 Å². The Balaban J connectivity index is 1.73. The van der Waals surface area contributed by atoms with Crippen LogP contribution in [0.25, 0.3) is 0 Å². The molecule has 0 N–H and O–H groups in total. The average molecular weight is 326 g/mol. The van der Waals surface area contributed by atoms with E-state index in [1.165, 1.54) is 6.07 Å². The summed E-state index contributed by atoms with van der Waals surface area (Å²) in [7, 11) is -0.508. The van der Waals surface area contributed by atoms with Crippen LogP contribution in [0.15, 0.2) is 18.2 Å². The minimum Gasteiger partial charge on any atom is -0.489 e. The van der Waals surface area contributed by atoms with Crippen LogP contribution in [0.2, 0.25) is 0 Å². The maximum absolute atomic E-state index is 12.5. The van der Waals surface area contributed by atoms with E-state index >= 15 is 0 Å². The molecule has 0 aromatic heterocycles. The van der Waals surface area contributed by atoms with Crippen molar-refractivity contribution in [2.24, 2.45) is 11.3 Å². The highest BCUT2D eigenvalue weighted by atomic mass is 19.3. The fourth-order valence-electron chi connectivity index (χ4n) is 2.35. The minimum absolute atomic E-state index is 0.0273. The summed E-state index contributed by atoms with van der Waals surface area (Å²) >= 11 is 0. The monoisotopic (exact) mass is 326 g/mol. The van der Waals surface area contributed by atoms with Gasteiger partial charge in [0.05, 0.1) is 6.61 Å². The molecule has 1 heterocycles. The highest BCUT2D eigenvalue weighted by molar-refractivity contribution is 6.61. The summed E-state index contributed by atoms with van der Waals surface area (Å²) in [4.78, 5) is 0. The second-order valence-electron chi connectivity index (χ2n) is 6.96. The minimum atomic E-state index is -2.88. The normalized spacial score (nSPS) is 20.7. The van der Waals surface area contributed by atoms with Crippen LogP contribution in [0.3, 0.4) is 0 Å². The van der Waals surface area contributed by atoms with Crippen LogP contribution in [0.4, 0.5) is 8.78 Å². The van der Waals surface area contributed by atoms with E-state index in [9.17, 15) is 8.78 Å². The lowest BCUT2D eigenvalue weighted by molar-refractivity contribution is -0.0515. The first-order valence-electron chi connectivity index (χ1n) is 7.88. The van der Waals surface area contributed by atoms with Crippen LogP contribution in [0, 0.1) is 11.3 Å². The van der Waals surface area contributed by atoms with Gasteiger partial charge in [0.25, 0.3) is 0 Å². The summed E-state index contributed by atoms with van der Waals surface area (Å²) in [6.45, 7) is 2.91. The van der Waals surface area contributed by atoms with Gasteiger partial charge in [-0.25, -0.2) is 0 Å². The Morgan fingerprint density at radius 3 is 2.52 bits per heavy atom. The predicted molar refractivity (Wildman–Crippen MR) is 82.4 cm³/mol. The molecule has 0 radical (unpaired) electrons. The van der Waals surface area contributed by atoms with E-state index in [4.69, 9.17) is 14.0 Å². The standard InChI is InChI=1S/C16H21BF2O4/c1-16(2)9-21-17(22-10-16)12-5-6-13(23-15(18)19)14(7-12)20-8-11-3-4-11/h5-7,11,15H,3-4,8-10H2,1-2H3. The van der Waals surface area contributed by atoms with E-state index in [0.29, 0.717) is 31.5 Å². The summed E-state index contributed by atoms with van der Waals surface area (Å²) in [5, 5.41) is 0. The van der Waals surface area contributed by atoms with Gasteiger partial charge in [-0.1, -0.05) is 19.9 Å². The summed E-state index contributed by atoms with van der Waals surface area (Å²) < 4.78 is 46.7. The molecule has 1 aliphatic carbocycles. The number of benzene rings is 1. The Kier molecular flexibility index (Phi) is 4.78. The molecule has 23 heavy (non-hydrogen) atoms. The van der Waals surface area contributed by atoms with Gasteiger partial charge in [0.15, 0.2) is 11.5 Å². The van der Waals surface area contributed by atoms with E-state index in [-0.39, 0.29) is 11.2 Å². The molecule has 1 saturated carbocycles. The second kappa shape index (κ2) is 6.65. The van der Waals surface area contributed by atoms with Gasteiger partial charge in [-0.3, -0.25) is 0 Å². The lowest BCUT2D eigenvalue weighted by Gasteiger charge is -2.33. The lowest BCUT2D eigenvalue weighted by Crippen LogP contribution is -2.47. The number of halogens is 2. The maximum Gasteiger partial charge on any atom is 0.494 e. The largest absolute Gasteiger partial charge is 0.494 e. The topological polar surface area (TPSA) is 36.9 Å². The molecule has 0 unspecified atom stereocenters. The van der Waals surface area contributed by atoms with Gasteiger partial charge >= 0.3 is 13.7 Å². The van der Waals surface area contributed by atoms with Crippen LogP contribution >= 0.6 is 0 Å². The molecule has 1 saturated heterocycles. The third kappa shape index (κ3) is 4.58. The molecule has 126 valence electrons. The van der Waals surface area contributed by atoms with E-state index in [1.807, 2.05) is 0 Å². The first-order chi connectivity index (χ1) is 10.9. The Bertz CT molecular complexity index is 539. The van der Waals surface area contributed by atoms with Crippen LogP contribution in [-0.4, -0.2) is 33.6 Å². The molecule has 0 amide bonds. The van der Waals surface area contributed by atoms with Crippen molar-refractivity contribution in [3.05, 3.63) is 18.2 Å². The fourth-order valence-corrected chi connectivity index (χ4v) is 2.35. The van der Waals surface area contributed by atoms with E-state index in [1.54, 1.807) is 12.1 Å². The second-order valence-corrected chi connectivity index (χ2v) is 6.96. The number of hydrogen-bond donors (Lipinski definition) is 0. The number of ether oxygens (including phenoxy) is 2. The molecule has 0 spiro atoms. The van der Waals surface area contributed by atoms with Crippen LogP contribution < -0.4 is 14.9 Å². The number of alkyl halides is 2. The van der Waals surface area contributed by atoms with Crippen molar-refractivity contribution >= 4 is 12.6 Å². The molecule has 0 bridgehead atoms. The molecule has 1 aromatic rings. The predicted octanol–water partition coefficient (Wildman–Crippen LogP) is 2.85. The van der Waals surface area contributed by atoms with Crippen molar-refractivity contribution in [2.75, 3.05) is 19.8 Å². The zero-order valence-electron chi connectivity index (χ0n) is 13.4.